The summed E-state index contributed by atoms with van der Waals surface area (Å²) in [5.74, 6) is -1.18. The van der Waals surface area contributed by atoms with E-state index in [0.29, 0.717) is 18.5 Å². The summed E-state index contributed by atoms with van der Waals surface area (Å²) < 4.78 is 0. The van der Waals surface area contributed by atoms with E-state index in [2.05, 4.69) is 5.32 Å². The molecule has 0 bridgehead atoms. The maximum Gasteiger partial charge on any atom is 0.331 e. The van der Waals surface area contributed by atoms with Crippen LogP contribution in [-0.4, -0.2) is 40.4 Å². The van der Waals surface area contributed by atoms with Gasteiger partial charge >= 0.3 is 5.97 Å². The summed E-state index contributed by atoms with van der Waals surface area (Å²) in [6.45, 7) is 2.19. The number of nitrogens with zero attached hydrogens (tertiary/aromatic N) is 1. The first-order valence-corrected chi connectivity index (χ1v) is 9.38. The van der Waals surface area contributed by atoms with Crippen molar-refractivity contribution in [2.24, 2.45) is 5.92 Å². The molecule has 2 unspecified atom stereocenters. The molecule has 6 nitrogen and oxygen atoms in total. The number of fused-ring (bicyclic) bond motifs is 1. The van der Waals surface area contributed by atoms with Gasteiger partial charge in [-0.15, -0.1) is 0 Å². The highest BCUT2D eigenvalue weighted by Gasteiger charge is 2.36. The highest BCUT2D eigenvalue weighted by Crippen LogP contribution is 2.30. The van der Waals surface area contributed by atoms with E-state index in [1.165, 1.54) is 4.90 Å². The Kier molecular flexibility index (Phi) is 5.59. The molecule has 1 heterocycles. The van der Waals surface area contributed by atoms with Crippen molar-refractivity contribution in [3.8, 4) is 0 Å². The maximum atomic E-state index is 12.7. The predicted octanol–water partition coefficient (Wildman–Crippen LogP) is 2.28. The van der Waals surface area contributed by atoms with Crippen molar-refractivity contribution in [2.45, 2.75) is 57.5 Å². The molecule has 0 spiro atoms. The van der Waals surface area contributed by atoms with Crippen LogP contribution in [0.2, 0.25) is 0 Å². The number of rotatable bonds is 5. The summed E-state index contributed by atoms with van der Waals surface area (Å²) in [5.41, 5.74) is 1.66. The Hall–Kier alpha value is -2.37. The first kappa shape index (κ1) is 18.4. The summed E-state index contributed by atoms with van der Waals surface area (Å²) in [7, 11) is 0. The summed E-state index contributed by atoms with van der Waals surface area (Å²) in [6, 6.07) is 6.12. The molecule has 0 radical (unpaired) electrons. The highest BCUT2D eigenvalue weighted by molar-refractivity contribution is 5.86. The fourth-order valence-corrected chi connectivity index (χ4v) is 4.08. The molecule has 0 aromatic heterocycles. The van der Waals surface area contributed by atoms with Crippen molar-refractivity contribution < 1.29 is 19.5 Å². The fraction of sp³-hybridized carbons (Fsp3) is 0.550. The van der Waals surface area contributed by atoms with Crippen LogP contribution in [0.3, 0.4) is 0 Å². The van der Waals surface area contributed by atoms with Crippen LogP contribution in [0.1, 0.15) is 56.2 Å². The smallest absolute Gasteiger partial charge is 0.331 e. The van der Waals surface area contributed by atoms with Crippen LogP contribution in [0, 0.1) is 5.92 Å². The Bertz CT molecular complexity index is 697. The average Bonchev–Trinajstić information content (AvgIpc) is 3.15. The van der Waals surface area contributed by atoms with Gasteiger partial charge in [0.25, 0.3) is 0 Å². The zero-order valence-electron chi connectivity index (χ0n) is 15.1. The molecule has 3 rings (SSSR count). The largest absolute Gasteiger partial charge is 0.479 e. The highest BCUT2D eigenvalue weighted by atomic mass is 16.4. The zero-order valence-corrected chi connectivity index (χ0v) is 15.1. The molecule has 1 aliphatic heterocycles. The molecule has 1 aromatic rings. The number of carboxylic acid groups (broad SMARTS) is 1. The number of hydrogen-bond donors (Lipinski definition) is 2. The molecular weight excluding hydrogens is 332 g/mol. The first-order chi connectivity index (χ1) is 12.5. The second kappa shape index (κ2) is 7.89. The van der Waals surface area contributed by atoms with Crippen molar-refractivity contribution in [3.05, 3.63) is 35.4 Å². The molecule has 2 aliphatic rings. The predicted molar refractivity (Wildman–Crippen MR) is 96.4 cm³/mol. The Morgan fingerprint density at radius 3 is 2.62 bits per heavy atom. The quantitative estimate of drug-likeness (QED) is 0.845. The van der Waals surface area contributed by atoms with Crippen molar-refractivity contribution in [1.29, 1.82) is 0 Å². The van der Waals surface area contributed by atoms with Gasteiger partial charge in [0.1, 0.15) is 0 Å². The van der Waals surface area contributed by atoms with Gasteiger partial charge in [-0.2, -0.15) is 0 Å². The van der Waals surface area contributed by atoms with Gasteiger partial charge < -0.3 is 15.3 Å². The van der Waals surface area contributed by atoms with E-state index in [9.17, 15) is 19.5 Å². The van der Waals surface area contributed by atoms with Crippen LogP contribution in [0.4, 0.5) is 0 Å². The van der Waals surface area contributed by atoms with Crippen LogP contribution < -0.4 is 5.32 Å². The van der Waals surface area contributed by atoms with Crippen LogP contribution in [0.15, 0.2) is 24.3 Å². The van der Waals surface area contributed by atoms with Gasteiger partial charge in [-0.25, -0.2) is 4.79 Å². The summed E-state index contributed by atoms with van der Waals surface area (Å²) in [6.07, 6.45) is 4.75. The van der Waals surface area contributed by atoms with E-state index in [1.807, 2.05) is 12.1 Å². The third-order valence-corrected chi connectivity index (χ3v) is 5.43. The van der Waals surface area contributed by atoms with E-state index in [-0.39, 0.29) is 30.2 Å². The zero-order chi connectivity index (χ0) is 18.7. The lowest BCUT2D eigenvalue weighted by Gasteiger charge is -2.35. The SMILES string of the molecule is CC(CC(=O)N1CCc2ccccc2C1C(=O)O)NC(=O)C1CCCC1. The number of aliphatic carboxylic acids is 1. The number of carboxylic acids is 1. The summed E-state index contributed by atoms with van der Waals surface area (Å²) >= 11 is 0. The van der Waals surface area contributed by atoms with E-state index >= 15 is 0 Å². The first-order valence-electron chi connectivity index (χ1n) is 9.38. The van der Waals surface area contributed by atoms with Crippen molar-refractivity contribution in [3.63, 3.8) is 0 Å². The molecule has 0 saturated heterocycles. The van der Waals surface area contributed by atoms with E-state index < -0.39 is 12.0 Å². The number of nitrogens with one attached hydrogen (secondary N) is 1. The molecule has 2 N–H and O–H groups in total. The van der Waals surface area contributed by atoms with Crippen LogP contribution in [0.25, 0.3) is 0 Å². The Morgan fingerprint density at radius 2 is 1.92 bits per heavy atom. The monoisotopic (exact) mass is 358 g/mol. The van der Waals surface area contributed by atoms with Gasteiger partial charge in [0, 0.05) is 24.9 Å². The van der Waals surface area contributed by atoms with E-state index in [1.54, 1.807) is 19.1 Å². The average molecular weight is 358 g/mol. The maximum absolute atomic E-state index is 12.7. The van der Waals surface area contributed by atoms with Gasteiger partial charge in [-0.05, 0) is 37.3 Å². The van der Waals surface area contributed by atoms with Gasteiger partial charge in [0.05, 0.1) is 0 Å². The fourth-order valence-electron chi connectivity index (χ4n) is 4.08. The number of benzene rings is 1. The van der Waals surface area contributed by atoms with Gasteiger partial charge in [0.15, 0.2) is 6.04 Å². The van der Waals surface area contributed by atoms with Gasteiger partial charge in [0.2, 0.25) is 11.8 Å². The second-order valence-electron chi connectivity index (χ2n) is 7.37. The molecule has 1 aliphatic carbocycles. The Balaban J connectivity index is 1.65. The van der Waals surface area contributed by atoms with Crippen LogP contribution in [-0.2, 0) is 20.8 Å². The summed E-state index contributed by atoms with van der Waals surface area (Å²) in [4.78, 5) is 38.2. The topological polar surface area (TPSA) is 86.7 Å². The van der Waals surface area contributed by atoms with Crippen molar-refractivity contribution >= 4 is 17.8 Å². The third kappa shape index (κ3) is 3.89. The molecule has 26 heavy (non-hydrogen) atoms. The minimum Gasteiger partial charge on any atom is -0.479 e. The lowest BCUT2D eigenvalue weighted by Crippen LogP contribution is -2.46. The van der Waals surface area contributed by atoms with Crippen LogP contribution in [0.5, 0.6) is 0 Å². The third-order valence-electron chi connectivity index (χ3n) is 5.43. The molecule has 2 amide bonds. The van der Waals surface area contributed by atoms with Crippen molar-refractivity contribution in [1.82, 2.24) is 10.2 Å². The number of carbonyl (C=O) groups is 3. The van der Waals surface area contributed by atoms with E-state index in [0.717, 1.165) is 31.2 Å². The molecule has 1 aromatic carbocycles. The molecule has 6 heteroatoms. The van der Waals surface area contributed by atoms with Crippen molar-refractivity contribution in [2.75, 3.05) is 6.54 Å². The molecule has 2 atom stereocenters. The van der Waals surface area contributed by atoms with Gasteiger partial charge in [-0.1, -0.05) is 37.1 Å². The Morgan fingerprint density at radius 1 is 1.23 bits per heavy atom. The number of hydrogen-bond acceptors (Lipinski definition) is 3. The minimum absolute atomic E-state index is 0.0153. The van der Waals surface area contributed by atoms with Gasteiger partial charge in [-0.3, -0.25) is 9.59 Å². The van der Waals surface area contributed by atoms with E-state index in [4.69, 9.17) is 0 Å². The Labute approximate surface area is 153 Å². The number of amides is 2. The number of carbonyl (C=O) groups excluding carboxylic acids is 2. The summed E-state index contributed by atoms with van der Waals surface area (Å²) in [5, 5.41) is 12.6. The molecule has 1 fully saturated rings. The van der Waals surface area contributed by atoms with Crippen LogP contribution >= 0.6 is 0 Å². The molecule has 1 saturated carbocycles. The molecule has 140 valence electrons. The second-order valence-corrected chi connectivity index (χ2v) is 7.37. The lowest BCUT2D eigenvalue weighted by atomic mass is 9.92. The lowest BCUT2D eigenvalue weighted by molar-refractivity contribution is -0.151. The molecular formula is C20H26N2O4. The standard InChI is InChI=1S/C20H26N2O4/c1-13(21-19(24)15-7-2-3-8-15)12-17(23)22-11-10-14-6-4-5-9-16(14)18(22)20(25)26/h4-6,9,13,15,18H,2-3,7-8,10-12H2,1H3,(H,21,24)(H,25,26). The normalized spacial score (nSPS) is 21.1. The minimum atomic E-state index is -1.02.